The van der Waals surface area contributed by atoms with Crippen molar-refractivity contribution in [2.24, 2.45) is 0 Å². The molecule has 0 amide bonds. The van der Waals surface area contributed by atoms with Gasteiger partial charge in [-0.05, 0) is 11.5 Å². The first-order valence-corrected chi connectivity index (χ1v) is 5.08. The summed E-state index contributed by atoms with van der Waals surface area (Å²) in [4.78, 5) is 0. The first kappa shape index (κ1) is 8.74. The minimum Gasteiger partial charge on any atom is -0.459 e. The van der Waals surface area contributed by atoms with Gasteiger partial charge in [0.1, 0.15) is 12.4 Å². The first-order valence-electron chi connectivity index (χ1n) is 5.08. The highest BCUT2D eigenvalue weighted by atomic mass is 16.8. The Balaban J connectivity index is 2.09. The molecule has 2 aromatic rings. The van der Waals surface area contributed by atoms with E-state index >= 15 is 0 Å². The standard InChI is InChI=1S/C13H12O2/c1-13(9-14-13)15-12-8-4-6-10-5-2-3-7-11(10)12/h2-8H,9H2,1H3/t13-/m0/s1. The van der Waals surface area contributed by atoms with E-state index in [0.717, 1.165) is 11.1 Å². The van der Waals surface area contributed by atoms with Crippen LogP contribution in [0.1, 0.15) is 6.92 Å². The minimum absolute atomic E-state index is 0.399. The van der Waals surface area contributed by atoms with E-state index in [1.165, 1.54) is 5.39 Å². The number of rotatable bonds is 2. The van der Waals surface area contributed by atoms with E-state index < -0.39 is 5.79 Å². The van der Waals surface area contributed by atoms with Crippen LogP contribution in [0.25, 0.3) is 10.8 Å². The van der Waals surface area contributed by atoms with E-state index in [9.17, 15) is 0 Å². The number of epoxide rings is 1. The second-order valence-corrected chi connectivity index (χ2v) is 4.00. The second-order valence-electron chi connectivity index (χ2n) is 4.00. The molecule has 1 heterocycles. The molecule has 76 valence electrons. The van der Waals surface area contributed by atoms with Crippen LogP contribution in [0.4, 0.5) is 0 Å². The molecule has 0 unspecified atom stereocenters. The number of fused-ring (bicyclic) bond motifs is 1. The normalized spacial score (nSPS) is 24.1. The van der Waals surface area contributed by atoms with Crippen molar-refractivity contribution in [3.8, 4) is 5.75 Å². The second kappa shape index (κ2) is 2.97. The van der Waals surface area contributed by atoms with Crippen molar-refractivity contribution >= 4 is 10.8 Å². The van der Waals surface area contributed by atoms with Crippen molar-refractivity contribution in [2.75, 3.05) is 6.61 Å². The minimum atomic E-state index is -0.399. The Morgan fingerprint density at radius 1 is 1.13 bits per heavy atom. The maximum Gasteiger partial charge on any atom is 0.231 e. The van der Waals surface area contributed by atoms with Crippen LogP contribution in [0.2, 0.25) is 0 Å². The van der Waals surface area contributed by atoms with E-state index in [0.29, 0.717) is 6.61 Å². The Kier molecular flexibility index (Phi) is 1.73. The number of ether oxygens (including phenoxy) is 2. The fourth-order valence-corrected chi connectivity index (χ4v) is 1.68. The van der Waals surface area contributed by atoms with Gasteiger partial charge >= 0.3 is 0 Å². The Hall–Kier alpha value is -1.54. The van der Waals surface area contributed by atoms with Gasteiger partial charge in [0.2, 0.25) is 5.79 Å². The van der Waals surface area contributed by atoms with Gasteiger partial charge in [-0.15, -0.1) is 0 Å². The lowest BCUT2D eigenvalue weighted by molar-refractivity contribution is 0.0819. The highest BCUT2D eigenvalue weighted by Crippen LogP contribution is 2.34. The van der Waals surface area contributed by atoms with Gasteiger partial charge in [-0.1, -0.05) is 36.4 Å². The van der Waals surface area contributed by atoms with Crippen LogP contribution in [0.15, 0.2) is 42.5 Å². The van der Waals surface area contributed by atoms with Crippen molar-refractivity contribution < 1.29 is 9.47 Å². The van der Waals surface area contributed by atoms with Crippen LogP contribution in [-0.2, 0) is 4.74 Å². The van der Waals surface area contributed by atoms with Crippen molar-refractivity contribution in [3.05, 3.63) is 42.5 Å². The van der Waals surface area contributed by atoms with Crippen molar-refractivity contribution in [1.29, 1.82) is 0 Å². The average Bonchev–Trinajstić information content (AvgIpc) is 2.97. The van der Waals surface area contributed by atoms with Gasteiger partial charge in [0.25, 0.3) is 0 Å². The summed E-state index contributed by atoms with van der Waals surface area (Å²) in [6.07, 6.45) is 0. The van der Waals surface area contributed by atoms with E-state index in [2.05, 4.69) is 18.2 Å². The Labute approximate surface area is 88.4 Å². The molecule has 2 nitrogen and oxygen atoms in total. The van der Waals surface area contributed by atoms with Gasteiger partial charge in [-0.3, -0.25) is 0 Å². The third-order valence-corrected chi connectivity index (χ3v) is 2.63. The summed E-state index contributed by atoms with van der Waals surface area (Å²) >= 11 is 0. The Morgan fingerprint density at radius 2 is 1.87 bits per heavy atom. The molecule has 0 saturated carbocycles. The largest absolute Gasteiger partial charge is 0.459 e. The molecule has 1 aliphatic heterocycles. The zero-order chi connectivity index (χ0) is 10.3. The molecule has 0 aromatic heterocycles. The molecule has 1 saturated heterocycles. The lowest BCUT2D eigenvalue weighted by Crippen LogP contribution is -2.14. The molecule has 1 fully saturated rings. The van der Waals surface area contributed by atoms with E-state index in [4.69, 9.17) is 9.47 Å². The lowest BCUT2D eigenvalue weighted by atomic mass is 10.1. The monoisotopic (exact) mass is 200 g/mol. The van der Waals surface area contributed by atoms with E-state index in [1.54, 1.807) is 0 Å². The molecule has 0 aliphatic carbocycles. The summed E-state index contributed by atoms with van der Waals surface area (Å²) in [5.41, 5.74) is 0. The van der Waals surface area contributed by atoms with E-state index in [-0.39, 0.29) is 0 Å². The van der Waals surface area contributed by atoms with Crippen LogP contribution in [-0.4, -0.2) is 12.4 Å². The molecule has 2 aromatic carbocycles. The van der Waals surface area contributed by atoms with Crippen LogP contribution in [0.5, 0.6) is 5.75 Å². The van der Waals surface area contributed by atoms with Gasteiger partial charge in [-0.25, -0.2) is 0 Å². The first-order chi connectivity index (χ1) is 7.27. The number of hydrogen-bond acceptors (Lipinski definition) is 2. The summed E-state index contributed by atoms with van der Waals surface area (Å²) in [6, 6.07) is 14.3. The zero-order valence-corrected chi connectivity index (χ0v) is 8.57. The fraction of sp³-hybridized carbons (Fsp3) is 0.231. The molecule has 1 aliphatic rings. The van der Waals surface area contributed by atoms with E-state index in [1.807, 2.05) is 31.2 Å². The summed E-state index contributed by atoms with van der Waals surface area (Å²) in [5.74, 6) is 0.498. The maximum atomic E-state index is 5.80. The third-order valence-electron chi connectivity index (χ3n) is 2.63. The maximum absolute atomic E-state index is 5.80. The zero-order valence-electron chi connectivity index (χ0n) is 8.57. The van der Waals surface area contributed by atoms with Crippen LogP contribution in [0.3, 0.4) is 0 Å². The smallest absolute Gasteiger partial charge is 0.231 e. The lowest BCUT2D eigenvalue weighted by Gasteiger charge is -2.11. The average molecular weight is 200 g/mol. The summed E-state index contributed by atoms with van der Waals surface area (Å²) < 4.78 is 11.0. The Morgan fingerprint density at radius 3 is 2.67 bits per heavy atom. The molecule has 0 N–H and O–H groups in total. The molecular weight excluding hydrogens is 188 g/mol. The molecule has 0 radical (unpaired) electrons. The predicted octanol–water partition coefficient (Wildman–Crippen LogP) is 2.97. The molecular formula is C13H12O2. The van der Waals surface area contributed by atoms with Gasteiger partial charge < -0.3 is 9.47 Å². The Bertz CT molecular complexity index is 495. The van der Waals surface area contributed by atoms with Crippen molar-refractivity contribution in [2.45, 2.75) is 12.7 Å². The highest BCUT2D eigenvalue weighted by molar-refractivity contribution is 5.88. The van der Waals surface area contributed by atoms with Gasteiger partial charge in [0, 0.05) is 12.3 Å². The van der Waals surface area contributed by atoms with Gasteiger partial charge in [0.15, 0.2) is 0 Å². The third kappa shape index (κ3) is 1.57. The predicted molar refractivity (Wildman–Crippen MR) is 58.9 cm³/mol. The van der Waals surface area contributed by atoms with Crippen molar-refractivity contribution in [3.63, 3.8) is 0 Å². The van der Waals surface area contributed by atoms with Crippen LogP contribution < -0.4 is 4.74 Å². The summed E-state index contributed by atoms with van der Waals surface area (Å²) in [5, 5.41) is 2.33. The molecule has 15 heavy (non-hydrogen) atoms. The van der Waals surface area contributed by atoms with Gasteiger partial charge in [0.05, 0.1) is 0 Å². The fourth-order valence-electron chi connectivity index (χ4n) is 1.68. The quantitative estimate of drug-likeness (QED) is 0.695. The number of hydrogen-bond donors (Lipinski definition) is 0. The number of benzene rings is 2. The molecule has 1 atom stereocenters. The van der Waals surface area contributed by atoms with Crippen molar-refractivity contribution in [1.82, 2.24) is 0 Å². The topological polar surface area (TPSA) is 21.8 Å². The molecule has 3 rings (SSSR count). The van der Waals surface area contributed by atoms with Crippen LogP contribution >= 0.6 is 0 Å². The highest BCUT2D eigenvalue weighted by Gasteiger charge is 2.42. The molecule has 2 heteroatoms. The van der Waals surface area contributed by atoms with Crippen LogP contribution in [0, 0.1) is 0 Å². The molecule has 0 bridgehead atoms. The van der Waals surface area contributed by atoms with Gasteiger partial charge in [-0.2, -0.15) is 0 Å². The summed E-state index contributed by atoms with van der Waals surface area (Å²) in [6.45, 7) is 2.63. The molecule has 0 spiro atoms. The SMILES string of the molecule is C[C@]1(Oc2cccc3ccccc23)CO1. The summed E-state index contributed by atoms with van der Waals surface area (Å²) in [7, 11) is 0.